The number of likely N-dealkylation sites (tertiary alicyclic amines) is 1. The first-order valence-electron chi connectivity index (χ1n) is 11.4. The molecule has 2 aromatic rings. The highest BCUT2D eigenvalue weighted by atomic mass is 19.1. The molecule has 0 bridgehead atoms. The first-order chi connectivity index (χ1) is 15.4. The van der Waals surface area contributed by atoms with Gasteiger partial charge < -0.3 is 9.80 Å². The summed E-state index contributed by atoms with van der Waals surface area (Å²) < 4.78 is 14.6. The lowest BCUT2D eigenvalue weighted by Crippen LogP contribution is -2.44. The van der Waals surface area contributed by atoms with Crippen LogP contribution in [0.2, 0.25) is 0 Å². The van der Waals surface area contributed by atoms with Crippen molar-refractivity contribution in [3.05, 3.63) is 72.1 Å². The van der Waals surface area contributed by atoms with Crippen LogP contribution in [-0.4, -0.2) is 48.8 Å². The van der Waals surface area contributed by atoms with Crippen LogP contribution in [0.25, 0.3) is 11.1 Å². The molecule has 1 heterocycles. The summed E-state index contributed by atoms with van der Waals surface area (Å²) in [4.78, 5) is 29.9. The summed E-state index contributed by atoms with van der Waals surface area (Å²) in [5.41, 5.74) is 1.57. The van der Waals surface area contributed by atoms with E-state index >= 15 is 0 Å². The number of carbonyl (C=O) groups is 2. The van der Waals surface area contributed by atoms with E-state index in [1.165, 1.54) is 6.07 Å². The Kier molecular flexibility index (Phi) is 6.45. The molecule has 0 aromatic heterocycles. The Labute approximate surface area is 189 Å². The normalized spacial score (nSPS) is 22.3. The average Bonchev–Trinajstić information content (AvgIpc) is 3.45. The molecule has 0 spiro atoms. The van der Waals surface area contributed by atoms with Crippen molar-refractivity contribution in [2.45, 2.75) is 32.1 Å². The molecule has 4 nitrogen and oxygen atoms in total. The average molecular weight is 435 g/mol. The van der Waals surface area contributed by atoms with Crippen LogP contribution in [-0.2, 0) is 16.0 Å². The van der Waals surface area contributed by atoms with Gasteiger partial charge in [-0.05, 0) is 48.8 Å². The van der Waals surface area contributed by atoms with Crippen molar-refractivity contribution in [2.75, 3.05) is 27.2 Å². The van der Waals surface area contributed by atoms with Crippen LogP contribution in [0.15, 0.2) is 60.7 Å². The van der Waals surface area contributed by atoms with E-state index in [-0.39, 0.29) is 17.6 Å². The molecular formula is C27H31FN2O2. The molecule has 1 saturated heterocycles. The largest absolute Gasteiger partial charge is 0.348 e. The van der Waals surface area contributed by atoms with Crippen LogP contribution in [0.4, 0.5) is 4.39 Å². The van der Waals surface area contributed by atoms with Gasteiger partial charge in [-0.2, -0.15) is 0 Å². The molecule has 2 amide bonds. The van der Waals surface area contributed by atoms with Crippen LogP contribution in [0.5, 0.6) is 0 Å². The summed E-state index contributed by atoms with van der Waals surface area (Å²) in [5.74, 6) is 0.180. The number of hydrogen-bond acceptors (Lipinski definition) is 2. The zero-order valence-corrected chi connectivity index (χ0v) is 18.9. The van der Waals surface area contributed by atoms with E-state index in [0.29, 0.717) is 43.8 Å². The molecule has 4 rings (SSSR count). The minimum atomic E-state index is -0.702. The van der Waals surface area contributed by atoms with Crippen molar-refractivity contribution in [3.8, 4) is 11.1 Å². The summed E-state index contributed by atoms with van der Waals surface area (Å²) in [6.07, 6.45) is 7.93. The van der Waals surface area contributed by atoms with E-state index in [0.717, 1.165) is 24.0 Å². The molecule has 168 valence electrons. The van der Waals surface area contributed by atoms with Gasteiger partial charge in [0.05, 0.1) is 5.41 Å². The molecule has 5 heteroatoms. The smallest absolute Gasteiger partial charge is 0.230 e. The van der Waals surface area contributed by atoms with E-state index in [1.54, 1.807) is 31.1 Å². The van der Waals surface area contributed by atoms with Crippen molar-refractivity contribution >= 4 is 11.8 Å². The van der Waals surface area contributed by atoms with Crippen LogP contribution < -0.4 is 0 Å². The number of halogens is 1. The molecule has 1 fully saturated rings. The van der Waals surface area contributed by atoms with Gasteiger partial charge in [0.2, 0.25) is 11.8 Å². The highest BCUT2D eigenvalue weighted by Crippen LogP contribution is 2.39. The Balaban J connectivity index is 1.62. The van der Waals surface area contributed by atoms with Crippen molar-refractivity contribution in [3.63, 3.8) is 0 Å². The summed E-state index contributed by atoms with van der Waals surface area (Å²) >= 11 is 0. The van der Waals surface area contributed by atoms with E-state index in [2.05, 4.69) is 12.2 Å². The van der Waals surface area contributed by atoms with Crippen molar-refractivity contribution in [2.24, 2.45) is 11.3 Å². The molecule has 2 atom stereocenters. The maximum absolute atomic E-state index is 14.6. The first kappa shape index (κ1) is 22.3. The lowest BCUT2D eigenvalue weighted by atomic mass is 9.77. The number of hydrogen-bond donors (Lipinski definition) is 0. The van der Waals surface area contributed by atoms with E-state index in [9.17, 15) is 14.0 Å². The van der Waals surface area contributed by atoms with E-state index < -0.39 is 5.41 Å². The minimum absolute atomic E-state index is 0.0249. The topological polar surface area (TPSA) is 40.6 Å². The zero-order valence-electron chi connectivity index (χ0n) is 18.9. The van der Waals surface area contributed by atoms with Crippen LogP contribution in [0.3, 0.4) is 0 Å². The predicted molar refractivity (Wildman–Crippen MR) is 124 cm³/mol. The Morgan fingerprint density at radius 1 is 1.09 bits per heavy atom. The van der Waals surface area contributed by atoms with Crippen molar-refractivity contribution < 1.29 is 14.0 Å². The zero-order chi connectivity index (χ0) is 22.7. The fourth-order valence-electron chi connectivity index (χ4n) is 5.15. The van der Waals surface area contributed by atoms with Crippen molar-refractivity contribution in [1.82, 2.24) is 9.80 Å². The molecule has 2 aliphatic rings. The SMILES string of the molecule is CN(C)C(=O)C1(Cc2ccccc2-c2ccccc2F)CCN(C(=O)CC2C=CCC2)C1. The molecule has 1 aliphatic carbocycles. The predicted octanol–water partition coefficient (Wildman–Crippen LogP) is 4.70. The van der Waals surface area contributed by atoms with Crippen LogP contribution in [0, 0.1) is 17.2 Å². The number of carbonyl (C=O) groups excluding carboxylic acids is 2. The lowest BCUT2D eigenvalue weighted by molar-refractivity contribution is -0.139. The fourth-order valence-corrected chi connectivity index (χ4v) is 5.15. The van der Waals surface area contributed by atoms with Gasteiger partial charge >= 0.3 is 0 Å². The van der Waals surface area contributed by atoms with Gasteiger partial charge in [0.15, 0.2) is 0 Å². The number of benzene rings is 2. The third kappa shape index (κ3) is 4.47. The van der Waals surface area contributed by atoms with Gasteiger partial charge in [-0.25, -0.2) is 4.39 Å². The molecule has 1 aliphatic heterocycles. The fraction of sp³-hybridized carbons (Fsp3) is 0.407. The molecule has 32 heavy (non-hydrogen) atoms. The lowest BCUT2D eigenvalue weighted by Gasteiger charge is -2.32. The van der Waals surface area contributed by atoms with E-state index in [4.69, 9.17) is 0 Å². The van der Waals surface area contributed by atoms with Gasteiger partial charge in [-0.1, -0.05) is 54.6 Å². The molecule has 0 radical (unpaired) electrons. The van der Waals surface area contributed by atoms with Gasteiger partial charge in [0.25, 0.3) is 0 Å². The third-order valence-corrected chi connectivity index (χ3v) is 6.83. The second kappa shape index (κ2) is 9.27. The van der Waals surface area contributed by atoms with Gasteiger partial charge in [0.1, 0.15) is 5.82 Å². The van der Waals surface area contributed by atoms with E-state index in [1.807, 2.05) is 35.2 Å². The van der Waals surface area contributed by atoms with Gasteiger partial charge in [-0.3, -0.25) is 9.59 Å². The standard InChI is InChI=1S/C27H31FN2O2/c1-29(2)26(32)27(15-16-30(19-27)25(31)17-20-9-3-4-10-20)18-21-11-5-6-12-22(21)23-13-7-8-14-24(23)28/h3,5-9,11-14,20H,4,10,15-19H2,1-2H3. The highest BCUT2D eigenvalue weighted by molar-refractivity contribution is 5.86. The highest BCUT2D eigenvalue weighted by Gasteiger charge is 2.47. The van der Waals surface area contributed by atoms with Gasteiger partial charge in [-0.15, -0.1) is 0 Å². The number of allylic oxidation sites excluding steroid dienone is 2. The second-order valence-electron chi connectivity index (χ2n) is 9.33. The number of nitrogens with zero attached hydrogens (tertiary/aromatic N) is 2. The minimum Gasteiger partial charge on any atom is -0.348 e. The molecular weight excluding hydrogens is 403 g/mol. The number of rotatable bonds is 6. The molecule has 2 unspecified atom stereocenters. The molecule has 0 N–H and O–H groups in total. The Morgan fingerprint density at radius 3 is 2.50 bits per heavy atom. The van der Waals surface area contributed by atoms with Crippen molar-refractivity contribution in [1.29, 1.82) is 0 Å². The Bertz CT molecular complexity index is 1030. The maximum atomic E-state index is 14.6. The summed E-state index contributed by atoms with van der Waals surface area (Å²) in [6, 6.07) is 14.4. The summed E-state index contributed by atoms with van der Waals surface area (Å²) in [6.45, 7) is 0.988. The summed E-state index contributed by atoms with van der Waals surface area (Å²) in [7, 11) is 3.53. The van der Waals surface area contributed by atoms with Crippen LogP contribution >= 0.6 is 0 Å². The monoisotopic (exact) mass is 434 g/mol. The second-order valence-corrected chi connectivity index (χ2v) is 9.33. The Morgan fingerprint density at radius 2 is 1.81 bits per heavy atom. The number of amides is 2. The van der Waals surface area contributed by atoms with Crippen LogP contribution in [0.1, 0.15) is 31.2 Å². The molecule has 2 aromatic carbocycles. The van der Waals surface area contributed by atoms with Gasteiger partial charge in [0, 0.05) is 39.2 Å². The first-order valence-corrected chi connectivity index (χ1v) is 11.4. The maximum Gasteiger partial charge on any atom is 0.230 e. The Hall–Kier alpha value is -2.95. The quantitative estimate of drug-likeness (QED) is 0.619. The molecule has 0 saturated carbocycles. The summed E-state index contributed by atoms with van der Waals surface area (Å²) in [5, 5.41) is 0. The third-order valence-electron chi connectivity index (χ3n) is 6.83.